The Bertz CT molecular complexity index is 1220. The van der Waals surface area contributed by atoms with E-state index >= 15 is 0 Å². The van der Waals surface area contributed by atoms with Crippen molar-refractivity contribution in [3.05, 3.63) is 100 Å². The van der Waals surface area contributed by atoms with Gasteiger partial charge < -0.3 is 10.3 Å². The average molecular weight is 525 g/mol. The molecular formula is C24H20IN3O3. The number of hydrogen-bond acceptors (Lipinski definition) is 3. The molecule has 0 fully saturated rings. The van der Waals surface area contributed by atoms with E-state index in [1.807, 2.05) is 89.3 Å². The van der Waals surface area contributed by atoms with Gasteiger partial charge in [-0.15, -0.1) is 0 Å². The molecule has 7 heteroatoms. The van der Waals surface area contributed by atoms with Crippen molar-refractivity contribution in [3.63, 3.8) is 0 Å². The third-order valence-corrected chi connectivity index (χ3v) is 5.90. The lowest BCUT2D eigenvalue weighted by atomic mass is 9.87. The summed E-state index contributed by atoms with van der Waals surface area (Å²) >= 11 is 2.00. The van der Waals surface area contributed by atoms with E-state index in [0.29, 0.717) is 10.1 Å². The summed E-state index contributed by atoms with van der Waals surface area (Å²) in [5, 5.41) is 15.4. The summed E-state index contributed by atoms with van der Waals surface area (Å²) in [5.74, 6) is -0.533. The summed E-state index contributed by atoms with van der Waals surface area (Å²) in [5.41, 5.74) is 5.21. The quantitative estimate of drug-likeness (QED) is 0.142. The molecule has 1 heterocycles. The number of amides is 1. The predicted molar refractivity (Wildman–Crippen MR) is 131 cm³/mol. The van der Waals surface area contributed by atoms with Gasteiger partial charge in [-0.1, -0.05) is 83.3 Å². The molecule has 0 aliphatic heterocycles. The minimum Gasteiger partial charge on any atom is -0.354 e. The van der Waals surface area contributed by atoms with Crippen LogP contribution in [0.2, 0.25) is 0 Å². The first-order chi connectivity index (χ1) is 15.1. The number of nitrogens with one attached hydrogen (secondary N) is 2. The zero-order chi connectivity index (χ0) is 21.8. The lowest BCUT2D eigenvalue weighted by molar-refractivity contribution is -0.481. The molecule has 0 bridgehead atoms. The molecule has 2 N–H and O–H groups in total. The minimum atomic E-state index is -0.448. The number of fused-ring (bicyclic) bond motifs is 1. The molecule has 0 saturated heterocycles. The zero-order valence-corrected chi connectivity index (χ0v) is 18.7. The van der Waals surface area contributed by atoms with Gasteiger partial charge in [0.15, 0.2) is 0 Å². The van der Waals surface area contributed by atoms with Crippen molar-refractivity contribution in [1.29, 1.82) is 0 Å². The van der Waals surface area contributed by atoms with Crippen LogP contribution in [-0.4, -0.2) is 26.8 Å². The number of H-pyrrole nitrogens is 1. The van der Waals surface area contributed by atoms with Gasteiger partial charge in [0.25, 0.3) is 0 Å². The van der Waals surface area contributed by atoms with Crippen molar-refractivity contribution in [2.24, 2.45) is 0 Å². The van der Waals surface area contributed by atoms with Crippen LogP contribution in [0.25, 0.3) is 22.2 Å². The molecule has 0 aliphatic rings. The van der Waals surface area contributed by atoms with Crippen LogP contribution in [-0.2, 0) is 4.79 Å². The number of benzene rings is 3. The molecule has 1 atom stereocenters. The number of halogens is 1. The summed E-state index contributed by atoms with van der Waals surface area (Å²) in [6.07, 6.45) is 0. The van der Waals surface area contributed by atoms with E-state index in [4.69, 9.17) is 0 Å². The third-order valence-electron chi connectivity index (χ3n) is 5.21. The predicted octanol–water partition coefficient (Wildman–Crippen LogP) is 5.62. The summed E-state index contributed by atoms with van der Waals surface area (Å²) in [7, 11) is 0. The highest BCUT2D eigenvalue weighted by Gasteiger charge is 2.27. The van der Waals surface area contributed by atoms with E-state index in [1.165, 1.54) is 0 Å². The summed E-state index contributed by atoms with van der Waals surface area (Å²) in [4.78, 5) is 26.5. The van der Waals surface area contributed by atoms with Crippen molar-refractivity contribution in [2.75, 3.05) is 16.3 Å². The highest BCUT2D eigenvalue weighted by Crippen LogP contribution is 2.39. The molecule has 1 unspecified atom stereocenters. The number of rotatable bonds is 7. The van der Waals surface area contributed by atoms with Crippen molar-refractivity contribution >= 4 is 45.1 Å². The Morgan fingerprint density at radius 2 is 1.68 bits per heavy atom. The van der Waals surface area contributed by atoms with Crippen LogP contribution in [0.5, 0.6) is 0 Å². The summed E-state index contributed by atoms with van der Waals surface area (Å²) < 4.78 is 0.360. The van der Waals surface area contributed by atoms with E-state index in [-0.39, 0.29) is 17.4 Å². The summed E-state index contributed by atoms with van der Waals surface area (Å²) in [6, 6.07) is 25.0. The number of alkyl halides is 1. The topological polar surface area (TPSA) is 88.0 Å². The first-order valence-corrected chi connectivity index (χ1v) is 11.3. The molecule has 3 aromatic carbocycles. The Morgan fingerprint density at radius 1 is 1.00 bits per heavy atom. The molecule has 4 rings (SSSR count). The van der Waals surface area contributed by atoms with Crippen LogP contribution in [0.15, 0.2) is 78.9 Å². The number of nitro groups is 1. The Kier molecular flexibility index (Phi) is 6.31. The number of hydrogen-bond donors (Lipinski definition) is 2. The smallest absolute Gasteiger partial charge is 0.234 e. The standard InChI is InChI=1S/C24H20IN3O3/c25-14-22(29)26-18-12-10-16(11-13-18)20(15-28(30)31)23-19-8-4-5-9-21(19)27-24(23)17-6-2-1-3-7-17/h1-13,20,27H,14-15H2,(H,26,29). The second kappa shape index (κ2) is 9.30. The zero-order valence-electron chi connectivity index (χ0n) is 16.5. The van der Waals surface area contributed by atoms with Crippen LogP contribution in [0, 0.1) is 10.1 Å². The van der Waals surface area contributed by atoms with Crippen LogP contribution in [0.4, 0.5) is 5.69 Å². The van der Waals surface area contributed by atoms with Gasteiger partial charge in [0.2, 0.25) is 12.5 Å². The maximum Gasteiger partial charge on any atom is 0.234 e. The first-order valence-electron chi connectivity index (χ1n) is 9.80. The minimum absolute atomic E-state index is 0.0850. The van der Waals surface area contributed by atoms with E-state index in [2.05, 4.69) is 10.3 Å². The van der Waals surface area contributed by atoms with E-state index in [0.717, 1.165) is 33.3 Å². The van der Waals surface area contributed by atoms with Gasteiger partial charge in [0.1, 0.15) is 0 Å². The van der Waals surface area contributed by atoms with Gasteiger partial charge in [-0.3, -0.25) is 14.9 Å². The van der Waals surface area contributed by atoms with Gasteiger partial charge in [-0.2, -0.15) is 0 Å². The highest BCUT2D eigenvalue weighted by molar-refractivity contribution is 14.1. The largest absolute Gasteiger partial charge is 0.354 e. The van der Waals surface area contributed by atoms with Gasteiger partial charge in [-0.05, 0) is 34.9 Å². The number of anilines is 1. The molecule has 0 aliphatic carbocycles. The van der Waals surface area contributed by atoms with E-state index in [1.54, 1.807) is 12.1 Å². The lowest BCUT2D eigenvalue weighted by Gasteiger charge is -2.16. The number of carbonyl (C=O) groups excluding carboxylic acids is 1. The number of aromatic amines is 1. The Hall–Kier alpha value is -3.20. The van der Waals surface area contributed by atoms with Gasteiger partial charge in [0.05, 0.1) is 16.0 Å². The van der Waals surface area contributed by atoms with Crippen molar-refractivity contribution in [2.45, 2.75) is 5.92 Å². The van der Waals surface area contributed by atoms with Crippen LogP contribution in [0.1, 0.15) is 17.0 Å². The number of nitrogens with zero attached hydrogens (tertiary/aromatic N) is 1. The first kappa shape index (κ1) is 21.0. The van der Waals surface area contributed by atoms with Crippen LogP contribution < -0.4 is 5.32 Å². The maximum absolute atomic E-state index is 11.7. The van der Waals surface area contributed by atoms with Gasteiger partial charge >= 0.3 is 0 Å². The molecule has 4 aromatic rings. The van der Waals surface area contributed by atoms with E-state index < -0.39 is 5.92 Å². The van der Waals surface area contributed by atoms with Crippen molar-refractivity contribution < 1.29 is 9.72 Å². The molecule has 0 radical (unpaired) electrons. The fraction of sp³-hybridized carbons (Fsp3) is 0.125. The number of aromatic nitrogens is 1. The second-order valence-electron chi connectivity index (χ2n) is 7.20. The Balaban J connectivity index is 1.85. The SMILES string of the molecule is O=C(CI)Nc1ccc(C(C[N+](=O)[O-])c2c(-c3ccccc3)[nH]c3ccccc23)cc1. The molecule has 0 spiro atoms. The molecule has 1 amide bonds. The van der Waals surface area contributed by atoms with Gasteiger partial charge in [-0.25, -0.2) is 0 Å². The second-order valence-corrected chi connectivity index (χ2v) is 7.96. The Labute approximate surface area is 193 Å². The maximum atomic E-state index is 11.7. The fourth-order valence-electron chi connectivity index (χ4n) is 3.86. The average Bonchev–Trinajstić information content (AvgIpc) is 3.18. The van der Waals surface area contributed by atoms with E-state index in [9.17, 15) is 14.9 Å². The lowest BCUT2D eigenvalue weighted by Crippen LogP contribution is -2.15. The van der Waals surface area contributed by atoms with Crippen molar-refractivity contribution in [1.82, 2.24) is 4.98 Å². The number of carbonyl (C=O) groups is 1. The molecule has 0 saturated carbocycles. The van der Waals surface area contributed by atoms with Crippen LogP contribution in [0.3, 0.4) is 0 Å². The highest BCUT2D eigenvalue weighted by atomic mass is 127. The van der Waals surface area contributed by atoms with Crippen molar-refractivity contribution in [3.8, 4) is 11.3 Å². The fourth-order valence-corrected chi connectivity index (χ4v) is 4.05. The molecule has 31 heavy (non-hydrogen) atoms. The molecular weight excluding hydrogens is 505 g/mol. The molecule has 6 nitrogen and oxygen atoms in total. The third kappa shape index (κ3) is 4.61. The Morgan fingerprint density at radius 3 is 2.35 bits per heavy atom. The normalized spacial score (nSPS) is 11.9. The van der Waals surface area contributed by atoms with Crippen LogP contribution >= 0.6 is 22.6 Å². The summed E-state index contributed by atoms with van der Waals surface area (Å²) in [6.45, 7) is -0.235. The number of para-hydroxylation sites is 1. The molecule has 156 valence electrons. The molecule has 1 aromatic heterocycles. The van der Waals surface area contributed by atoms with Gasteiger partial charge in [0, 0.05) is 21.5 Å². The monoisotopic (exact) mass is 525 g/mol.